The monoisotopic (exact) mass is 252 g/mol. The first kappa shape index (κ1) is 11.7. The summed E-state index contributed by atoms with van der Waals surface area (Å²) in [6, 6.07) is 5.34. The normalized spacial score (nSPS) is 11.6. The number of hydrogen-bond acceptors (Lipinski definition) is 4. The van der Waals surface area contributed by atoms with Gasteiger partial charge in [-0.25, -0.2) is 22.8 Å². The summed E-state index contributed by atoms with van der Waals surface area (Å²) in [5, 5.41) is 3.97. The second-order valence-corrected chi connectivity index (χ2v) is 5.08. The van der Waals surface area contributed by atoms with E-state index in [2.05, 4.69) is 14.8 Å². The smallest absolute Gasteiger partial charge is 0.237 e. The summed E-state index contributed by atoms with van der Waals surface area (Å²) in [5.41, 5.74) is 0. The van der Waals surface area contributed by atoms with Gasteiger partial charge in [0.1, 0.15) is 4.90 Å². The Morgan fingerprint density at radius 3 is 2.88 bits per heavy atom. The number of pyridine rings is 1. The van der Waals surface area contributed by atoms with E-state index in [1.54, 1.807) is 25.3 Å². The molecule has 0 aliphatic rings. The molecule has 0 aromatic carbocycles. The number of rotatable bonds is 4. The molecule has 0 bridgehead atoms. The Kier molecular flexibility index (Phi) is 3.21. The van der Waals surface area contributed by atoms with Crippen molar-refractivity contribution >= 4 is 10.0 Å². The van der Waals surface area contributed by atoms with Crippen molar-refractivity contribution in [3.05, 3.63) is 36.8 Å². The van der Waals surface area contributed by atoms with Gasteiger partial charge in [-0.3, -0.25) is 0 Å². The number of sulfonamides is 1. The second kappa shape index (κ2) is 4.64. The molecular formula is C10H12N4O2S. The molecule has 90 valence electrons. The maximum Gasteiger partial charge on any atom is 0.243 e. The van der Waals surface area contributed by atoms with Gasteiger partial charge in [-0.15, -0.1) is 0 Å². The molecule has 2 aromatic rings. The van der Waals surface area contributed by atoms with Gasteiger partial charge < -0.3 is 0 Å². The first-order valence-electron chi connectivity index (χ1n) is 5.09. The van der Waals surface area contributed by atoms with Crippen molar-refractivity contribution in [2.45, 2.75) is 11.8 Å². The zero-order valence-electron chi connectivity index (χ0n) is 9.24. The summed E-state index contributed by atoms with van der Waals surface area (Å²) in [6.45, 7) is 2.07. The molecule has 1 N–H and O–H groups in total. The fourth-order valence-corrected chi connectivity index (χ4v) is 2.30. The highest BCUT2D eigenvalue weighted by molar-refractivity contribution is 7.89. The van der Waals surface area contributed by atoms with E-state index < -0.39 is 10.0 Å². The molecule has 0 spiro atoms. The molecule has 0 fully saturated rings. The first-order chi connectivity index (χ1) is 8.13. The average Bonchev–Trinajstić information content (AvgIpc) is 2.80. The highest BCUT2D eigenvalue weighted by atomic mass is 32.2. The van der Waals surface area contributed by atoms with Crippen LogP contribution in [0, 0.1) is 0 Å². The van der Waals surface area contributed by atoms with Crippen molar-refractivity contribution in [3.8, 4) is 5.82 Å². The fraction of sp³-hybridized carbons (Fsp3) is 0.200. The number of aromatic nitrogens is 3. The summed E-state index contributed by atoms with van der Waals surface area (Å²) in [4.78, 5) is 4.21. The zero-order valence-corrected chi connectivity index (χ0v) is 10.1. The summed E-state index contributed by atoms with van der Waals surface area (Å²) in [6.07, 6.45) is 4.35. The molecule has 17 heavy (non-hydrogen) atoms. The van der Waals surface area contributed by atoms with Gasteiger partial charge in [0.15, 0.2) is 5.82 Å². The van der Waals surface area contributed by atoms with Crippen molar-refractivity contribution in [3.63, 3.8) is 0 Å². The Hall–Kier alpha value is -1.73. The summed E-state index contributed by atoms with van der Waals surface area (Å²) < 4.78 is 27.2. The number of nitrogens with one attached hydrogen (secondary N) is 1. The van der Waals surface area contributed by atoms with Crippen molar-refractivity contribution in [1.29, 1.82) is 0 Å². The Balaban J connectivity index is 2.35. The molecule has 0 atom stereocenters. The average molecular weight is 252 g/mol. The zero-order chi connectivity index (χ0) is 12.3. The van der Waals surface area contributed by atoms with E-state index in [9.17, 15) is 8.42 Å². The largest absolute Gasteiger partial charge is 0.243 e. The lowest BCUT2D eigenvalue weighted by molar-refractivity contribution is 0.584. The SMILES string of the molecule is CCNS(=O)(=O)c1cnn(-c2ccccn2)c1. The van der Waals surface area contributed by atoms with Gasteiger partial charge in [0.05, 0.1) is 12.4 Å². The Morgan fingerprint density at radius 2 is 2.24 bits per heavy atom. The minimum Gasteiger partial charge on any atom is -0.237 e. The van der Waals surface area contributed by atoms with E-state index >= 15 is 0 Å². The van der Waals surface area contributed by atoms with Crippen LogP contribution in [-0.2, 0) is 10.0 Å². The van der Waals surface area contributed by atoms with E-state index in [1.807, 2.05) is 6.07 Å². The lowest BCUT2D eigenvalue weighted by Crippen LogP contribution is -2.22. The topological polar surface area (TPSA) is 76.9 Å². The van der Waals surface area contributed by atoms with Gasteiger partial charge >= 0.3 is 0 Å². The molecule has 2 rings (SSSR count). The maximum atomic E-state index is 11.7. The van der Waals surface area contributed by atoms with E-state index in [0.29, 0.717) is 12.4 Å². The van der Waals surface area contributed by atoms with Crippen molar-refractivity contribution in [1.82, 2.24) is 19.5 Å². The van der Waals surface area contributed by atoms with Crippen LogP contribution in [0.15, 0.2) is 41.7 Å². The molecule has 0 amide bonds. The van der Waals surface area contributed by atoms with Gasteiger partial charge in [-0.1, -0.05) is 13.0 Å². The van der Waals surface area contributed by atoms with E-state index in [1.165, 1.54) is 17.1 Å². The number of nitrogens with zero attached hydrogens (tertiary/aromatic N) is 3. The van der Waals surface area contributed by atoms with Gasteiger partial charge in [0, 0.05) is 12.7 Å². The molecule has 0 saturated heterocycles. The first-order valence-corrected chi connectivity index (χ1v) is 6.57. The van der Waals surface area contributed by atoms with E-state index in [4.69, 9.17) is 0 Å². The molecule has 0 radical (unpaired) electrons. The molecule has 2 aromatic heterocycles. The van der Waals surface area contributed by atoms with Gasteiger partial charge in [0.25, 0.3) is 0 Å². The standard InChI is InChI=1S/C10H12N4O2S/c1-2-13-17(15,16)9-7-12-14(8-9)10-5-3-4-6-11-10/h3-8,13H,2H2,1H3. The number of hydrogen-bond donors (Lipinski definition) is 1. The molecule has 0 aliphatic carbocycles. The fourth-order valence-electron chi connectivity index (χ4n) is 1.33. The minimum atomic E-state index is -3.46. The molecular weight excluding hydrogens is 240 g/mol. The third-order valence-electron chi connectivity index (χ3n) is 2.09. The minimum absolute atomic E-state index is 0.130. The molecule has 0 saturated carbocycles. The van der Waals surface area contributed by atoms with Crippen LogP contribution in [0.25, 0.3) is 5.82 Å². The predicted octanol–water partition coefficient (Wildman–Crippen LogP) is 0.565. The van der Waals surface area contributed by atoms with Crippen LogP contribution in [-0.4, -0.2) is 29.7 Å². The van der Waals surface area contributed by atoms with E-state index in [0.717, 1.165) is 0 Å². The highest BCUT2D eigenvalue weighted by Crippen LogP contribution is 2.09. The van der Waals surface area contributed by atoms with Crippen LogP contribution in [0.2, 0.25) is 0 Å². The quantitative estimate of drug-likeness (QED) is 0.862. The van der Waals surface area contributed by atoms with Crippen LogP contribution in [0.3, 0.4) is 0 Å². The van der Waals surface area contributed by atoms with Crippen LogP contribution in [0.5, 0.6) is 0 Å². The van der Waals surface area contributed by atoms with Crippen LogP contribution in [0.4, 0.5) is 0 Å². The van der Waals surface area contributed by atoms with Crippen molar-refractivity contribution in [2.24, 2.45) is 0 Å². The highest BCUT2D eigenvalue weighted by Gasteiger charge is 2.15. The summed E-state index contributed by atoms with van der Waals surface area (Å²) >= 11 is 0. The molecule has 0 aliphatic heterocycles. The Labute approximate surface area is 99.4 Å². The van der Waals surface area contributed by atoms with Gasteiger partial charge in [-0.2, -0.15) is 5.10 Å². The van der Waals surface area contributed by atoms with E-state index in [-0.39, 0.29) is 4.90 Å². The lowest BCUT2D eigenvalue weighted by Gasteiger charge is -2.00. The van der Waals surface area contributed by atoms with Gasteiger partial charge in [-0.05, 0) is 12.1 Å². The molecule has 2 heterocycles. The lowest BCUT2D eigenvalue weighted by atomic mass is 10.5. The predicted molar refractivity (Wildman–Crippen MR) is 62.2 cm³/mol. The Bertz CT molecular complexity index is 592. The van der Waals surface area contributed by atoms with Crippen LogP contribution in [0.1, 0.15) is 6.92 Å². The van der Waals surface area contributed by atoms with Crippen molar-refractivity contribution in [2.75, 3.05) is 6.54 Å². The summed E-state index contributed by atoms with van der Waals surface area (Å²) in [7, 11) is -3.46. The molecule has 0 unspecified atom stereocenters. The second-order valence-electron chi connectivity index (χ2n) is 3.31. The third-order valence-corrected chi connectivity index (χ3v) is 3.59. The van der Waals surface area contributed by atoms with Crippen molar-refractivity contribution < 1.29 is 8.42 Å². The van der Waals surface area contributed by atoms with Crippen LogP contribution >= 0.6 is 0 Å². The maximum absolute atomic E-state index is 11.7. The van der Waals surface area contributed by atoms with Crippen LogP contribution < -0.4 is 4.72 Å². The summed E-state index contributed by atoms with van der Waals surface area (Å²) in [5.74, 6) is 0.574. The Morgan fingerprint density at radius 1 is 1.41 bits per heavy atom. The molecule has 7 heteroatoms. The van der Waals surface area contributed by atoms with Gasteiger partial charge in [0.2, 0.25) is 10.0 Å². The third kappa shape index (κ3) is 2.51. The molecule has 6 nitrogen and oxygen atoms in total.